The number of hydrogen-bond acceptors (Lipinski definition) is 7. The Bertz CT molecular complexity index is 1250. The minimum atomic E-state index is -3.89. The van der Waals surface area contributed by atoms with E-state index < -0.39 is 22.0 Å². The number of benzene rings is 1. The van der Waals surface area contributed by atoms with E-state index >= 15 is 0 Å². The normalized spacial score (nSPS) is 16.9. The number of aromatic nitrogens is 3. The molecule has 0 unspecified atom stereocenters. The Morgan fingerprint density at radius 1 is 1.16 bits per heavy atom. The number of thiazole rings is 1. The molecule has 32 heavy (non-hydrogen) atoms. The minimum Gasteiger partial charge on any atom is -0.382 e. The highest BCUT2D eigenvalue weighted by molar-refractivity contribution is 7.89. The molecular weight excluding hydrogens is 456 g/mol. The fourth-order valence-corrected chi connectivity index (χ4v) is 5.78. The summed E-state index contributed by atoms with van der Waals surface area (Å²) < 4.78 is 55.3. The number of aryl methyl sites for hydroxylation is 2. The molecule has 170 valence electrons. The molecule has 1 aromatic carbocycles. The van der Waals surface area contributed by atoms with Crippen LogP contribution < -0.4 is 10.5 Å². The second kappa shape index (κ2) is 8.45. The summed E-state index contributed by atoms with van der Waals surface area (Å²) in [6.07, 6.45) is 2.75. The maximum absolute atomic E-state index is 13.4. The molecule has 1 fully saturated rings. The summed E-state index contributed by atoms with van der Waals surface area (Å²) in [6.45, 7) is 3.72. The van der Waals surface area contributed by atoms with Gasteiger partial charge in [-0.15, -0.1) is 11.3 Å². The number of hydrogen-bond donors (Lipinski definition) is 2. The van der Waals surface area contributed by atoms with Gasteiger partial charge in [0, 0.05) is 30.6 Å². The molecule has 2 heterocycles. The van der Waals surface area contributed by atoms with Gasteiger partial charge < -0.3 is 5.73 Å². The van der Waals surface area contributed by atoms with Crippen molar-refractivity contribution in [2.75, 3.05) is 5.73 Å². The van der Waals surface area contributed by atoms with Crippen LogP contribution in [0.25, 0.3) is 21.8 Å². The lowest BCUT2D eigenvalue weighted by atomic mass is 9.93. The van der Waals surface area contributed by atoms with Crippen LogP contribution in [-0.4, -0.2) is 35.3 Å². The highest BCUT2D eigenvalue weighted by Gasteiger charge is 2.36. The van der Waals surface area contributed by atoms with E-state index in [1.807, 2.05) is 13.8 Å². The number of halogens is 2. The van der Waals surface area contributed by atoms with Crippen LogP contribution in [0.1, 0.15) is 36.3 Å². The predicted molar refractivity (Wildman–Crippen MR) is 120 cm³/mol. The number of rotatable bonds is 5. The van der Waals surface area contributed by atoms with Crippen LogP contribution >= 0.6 is 11.3 Å². The number of nitrogens with zero attached hydrogens (tertiary/aromatic N) is 3. The molecule has 0 spiro atoms. The number of anilines is 1. The lowest BCUT2D eigenvalue weighted by Gasteiger charge is -2.28. The van der Waals surface area contributed by atoms with E-state index in [2.05, 4.69) is 19.7 Å². The molecule has 11 heteroatoms. The summed E-state index contributed by atoms with van der Waals surface area (Å²) in [5, 5.41) is 0.863. The van der Waals surface area contributed by atoms with Crippen LogP contribution in [0.15, 0.2) is 35.5 Å². The molecule has 0 bridgehead atoms. The van der Waals surface area contributed by atoms with Crippen molar-refractivity contribution in [3.63, 3.8) is 0 Å². The van der Waals surface area contributed by atoms with Gasteiger partial charge in [0.1, 0.15) is 5.69 Å². The van der Waals surface area contributed by atoms with Gasteiger partial charge in [-0.1, -0.05) is 6.07 Å². The van der Waals surface area contributed by atoms with E-state index in [4.69, 9.17) is 5.73 Å². The maximum atomic E-state index is 13.4. The molecule has 0 saturated heterocycles. The lowest BCUT2D eigenvalue weighted by Crippen LogP contribution is -2.40. The highest BCUT2D eigenvalue weighted by atomic mass is 32.2. The zero-order valence-electron chi connectivity index (χ0n) is 17.6. The van der Waals surface area contributed by atoms with E-state index in [9.17, 15) is 17.2 Å². The summed E-state index contributed by atoms with van der Waals surface area (Å²) in [5.41, 5.74) is 8.39. The molecule has 3 aromatic rings. The minimum absolute atomic E-state index is 0.0456. The largest absolute Gasteiger partial charge is 0.382 e. The second-order valence-electron chi connectivity index (χ2n) is 7.96. The van der Waals surface area contributed by atoms with E-state index in [0.29, 0.717) is 17.0 Å². The third-order valence-electron chi connectivity index (χ3n) is 5.49. The zero-order chi connectivity index (χ0) is 23.1. The van der Waals surface area contributed by atoms with E-state index in [1.54, 1.807) is 12.3 Å². The van der Waals surface area contributed by atoms with Crippen LogP contribution in [0, 0.1) is 13.8 Å². The number of nitrogens with one attached hydrogen (secondary N) is 1. The molecule has 0 radical (unpaired) electrons. The Balaban J connectivity index is 1.65. The monoisotopic (exact) mass is 479 g/mol. The third-order valence-corrected chi connectivity index (χ3v) is 7.93. The van der Waals surface area contributed by atoms with Crippen molar-refractivity contribution in [1.29, 1.82) is 0 Å². The topological polar surface area (TPSA) is 111 Å². The van der Waals surface area contributed by atoms with Crippen molar-refractivity contribution in [3.8, 4) is 21.8 Å². The highest BCUT2D eigenvalue weighted by Crippen LogP contribution is 2.34. The number of alkyl halides is 2. The van der Waals surface area contributed by atoms with Crippen molar-refractivity contribution in [2.24, 2.45) is 0 Å². The van der Waals surface area contributed by atoms with E-state index in [0.717, 1.165) is 15.4 Å². The lowest BCUT2D eigenvalue weighted by molar-refractivity contribution is -0.0387. The van der Waals surface area contributed by atoms with Crippen molar-refractivity contribution >= 4 is 27.2 Å². The smallest absolute Gasteiger partial charge is 0.248 e. The van der Waals surface area contributed by atoms with Gasteiger partial charge in [0.05, 0.1) is 26.7 Å². The fourth-order valence-electron chi connectivity index (χ4n) is 3.67. The summed E-state index contributed by atoms with van der Waals surface area (Å²) >= 11 is 1.44. The summed E-state index contributed by atoms with van der Waals surface area (Å²) in [5.74, 6) is -2.46. The molecule has 2 aromatic heterocycles. The summed E-state index contributed by atoms with van der Waals surface area (Å²) in [6, 6.07) is 4.20. The van der Waals surface area contributed by atoms with Gasteiger partial charge in [-0.2, -0.15) is 0 Å². The van der Waals surface area contributed by atoms with Gasteiger partial charge in [-0.3, -0.25) is 0 Å². The standard InChI is InChI=1S/C21H23F2N5O2S2/c1-12-3-4-15(32(29,30)28-14-5-7-21(22,23)8-6-14)9-16(12)17-10-26-20(24)19(27-17)18-11-25-13(2)31-18/h3-4,9-11,14,28H,5-8H2,1-2H3,(H2,24,26). The second-order valence-corrected chi connectivity index (χ2v) is 10.9. The average Bonchev–Trinajstić information content (AvgIpc) is 3.16. The molecule has 1 aliphatic rings. The van der Waals surface area contributed by atoms with Crippen LogP contribution in [0.3, 0.4) is 0 Å². The number of sulfonamides is 1. The Labute approximate surface area is 189 Å². The Morgan fingerprint density at radius 3 is 2.53 bits per heavy atom. The van der Waals surface area contributed by atoms with Crippen LogP contribution in [-0.2, 0) is 10.0 Å². The van der Waals surface area contributed by atoms with E-state index in [1.165, 1.54) is 29.7 Å². The summed E-state index contributed by atoms with van der Waals surface area (Å²) in [7, 11) is -3.89. The SMILES string of the molecule is Cc1ncc(-c2nc(-c3cc(S(=O)(=O)NC4CCC(F)(F)CC4)ccc3C)cnc2N)s1. The molecule has 7 nitrogen and oxygen atoms in total. The van der Waals surface area contributed by atoms with Gasteiger partial charge in [0.2, 0.25) is 15.9 Å². The molecule has 0 aliphatic heterocycles. The Kier molecular flexibility index (Phi) is 5.99. The maximum Gasteiger partial charge on any atom is 0.248 e. The number of nitrogen functional groups attached to an aromatic ring is 1. The van der Waals surface area contributed by atoms with Crippen molar-refractivity contribution in [1.82, 2.24) is 19.7 Å². The molecule has 4 rings (SSSR count). The van der Waals surface area contributed by atoms with Crippen molar-refractivity contribution in [2.45, 2.75) is 56.4 Å². The van der Waals surface area contributed by atoms with Crippen LogP contribution in [0.2, 0.25) is 0 Å². The molecule has 0 atom stereocenters. The quantitative estimate of drug-likeness (QED) is 0.564. The molecule has 1 saturated carbocycles. The third kappa shape index (κ3) is 4.79. The van der Waals surface area contributed by atoms with Gasteiger partial charge >= 0.3 is 0 Å². The van der Waals surface area contributed by atoms with Crippen LogP contribution in [0.5, 0.6) is 0 Å². The molecule has 1 aliphatic carbocycles. The first-order valence-corrected chi connectivity index (χ1v) is 12.4. The van der Waals surface area contributed by atoms with Gasteiger partial charge in [0.15, 0.2) is 5.82 Å². The van der Waals surface area contributed by atoms with Gasteiger partial charge in [-0.25, -0.2) is 36.9 Å². The first kappa shape index (κ1) is 22.7. The molecular formula is C21H23F2N5O2S2. The van der Waals surface area contributed by atoms with E-state index in [-0.39, 0.29) is 36.4 Å². The van der Waals surface area contributed by atoms with Crippen LogP contribution in [0.4, 0.5) is 14.6 Å². The molecule has 3 N–H and O–H groups in total. The Hall–Kier alpha value is -2.50. The average molecular weight is 480 g/mol. The number of nitrogens with two attached hydrogens (primary N) is 1. The zero-order valence-corrected chi connectivity index (χ0v) is 19.2. The van der Waals surface area contributed by atoms with Gasteiger partial charge in [0.25, 0.3) is 0 Å². The first-order chi connectivity index (χ1) is 15.0. The predicted octanol–water partition coefficient (Wildman–Crippen LogP) is 4.32. The van der Waals surface area contributed by atoms with Crippen molar-refractivity contribution in [3.05, 3.63) is 41.2 Å². The molecule has 0 amide bonds. The first-order valence-electron chi connectivity index (χ1n) is 10.1. The van der Waals surface area contributed by atoms with Gasteiger partial charge in [-0.05, 0) is 44.4 Å². The fraction of sp³-hybridized carbons (Fsp3) is 0.381. The summed E-state index contributed by atoms with van der Waals surface area (Å²) in [4.78, 5) is 13.9. The Morgan fingerprint density at radius 2 is 1.88 bits per heavy atom. The van der Waals surface area contributed by atoms with Crippen molar-refractivity contribution < 1.29 is 17.2 Å².